The van der Waals surface area contributed by atoms with Crippen molar-refractivity contribution in [2.24, 2.45) is 0 Å². The Morgan fingerprint density at radius 3 is 1.31 bits per heavy atom. The molecule has 0 atom stereocenters. The molecule has 0 radical (unpaired) electrons. The summed E-state index contributed by atoms with van der Waals surface area (Å²) in [5.41, 5.74) is 3.95. The van der Waals surface area contributed by atoms with Crippen LogP contribution in [0.3, 0.4) is 0 Å². The fraction of sp³-hybridized carbons (Fsp3) is 0.405. The molecule has 0 amide bonds. The van der Waals surface area contributed by atoms with Crippen LogP contribution >= 0.6 is 0 Å². The first-order chi connectivity index (χ1) is 25.2. The minimum atomic E-state index is -0.756. The number of hydrogen-bond donors (Lipinski definition) is 1. The summed E-state index contributed by atoms with van der Waals surface area (Å²) in [6, 6.07) is 38.2. The Balaban J connectivity index is 0.981. The van der Waals surface area contributed by atoms with Gasteiger partial charge < -0.3 is 38.5 Å². The summed E-state index contributed by atoms with van der Waals surface area (Å²) in [5, 5.41) is 3.33. The molecule has 0 bridgehead atoms. The number of esters is 1. The topological polar surface area (TPSA) is 93.7 Å². The van der Waals surface area contributed by atoms with Gasteiger partial charge in [-0.25, -0.2) is 4.79 Å². The molecule has 0 saturated heterocycles. The van der Waals surface area contributed by atoms with Crippen molar-refractivity contribution >= 4 is 11.7 Å². The van der Waals surface area contributed by atoms with Crippen molar-refractivity contribution in [3.05, 3.63) is 138 Å². The van der Waals surface area contributed by atoms with Crippen LogP contribution in [0.2, 0.25) is 0 Å². The molecule has 0 heterocycles. The lowest BCUT2D eigenvalue weighted by Crippen LogP contribution is -2.34. The molecule has 0 fully saturated rings. The van der Waals surface area contributed by atoms with Gasteiger partial charge in [-0.2, -0.15) is 0 Å². The highest BCUT2D eigenvalue weighted by Crippen LogP contribution is 2.40. The molecule has 1 N–H and O–H groups in total. The molecule has 0 aliphatic heterocycles. The van der Waals surface area contributed by atoms with Crippen molar-refractivity contribution in [2.75, 3.05) is 91.1 Å². The third kappa shape index (κ3) is 13.9. The van der Waals surface area contributed by atoms with Crippen molar-refractivity contribution in [3.8, 4) is 0 Å². The zero-order chi connectivity index (χ0) is 35.7. The molecule has 4 aromatic rings. The van der Waals surface area contributed by atoms with Gasteiger partial charge in [-0.05, 0) is 47.4 Å². The van der Waals surface area contributed by atoms with E-state index in [4.69, 9.17) is 33.2 Å². The molecule has 0 spiro atoms. The van der Waals surface area contributed by atoms with E-state index in [1.807, 2.05) is 66.7 Å². The summed E-state index contributed by atoms with van der Waals surface area (Å²) in [6.07, 6.45) is 2.24. The third-order valence-corrected chi connectivity index (χ3v) is 8.02. The van der Waals surface area contributed by atoms with E-state index in [1.165, 1.54) is 0 Å². The maximum atomic E-state index is 12.2. The highest BCUT2D eigenvalue weighted by molar-refractivity contribution is 5.89. The van der Waals surface area contributed by atoms with Crippen LogP contribution in [0.25, 0.3) is 0 Å². The van der Waals surface area contributed by atoms with Crippen molar-refractivity contribution in [3.63, 3.8) is 0 Å². The minimum Gasteiger partial charge on any atom is -0.460 e. The predicted octanol–water partition coefficient (Wildman–Crippen LogP) is 7.15. The molecule has 51 heavy (non-hydrogen) atoms. The first-order valence-electron chi connectivity index (χ1n) is 17.9. The summed E-state index contributed by atoms with van der Waals surface area (Å²) >= 11 is 0. The molecule has 9 heteroatoms. The van der Waals surface area contributed by atoms with Gasteiger partial charge in [0.1, 0.15) is 12.2 Å². The number of ether oxygens (including phenoxy) is 7. The number of carbonyl (C=O) groups is 1. The first-order valence-corrected chi connectivity index (χ1v) is 17.9. The fourth-order valence-corrected chi connectivity index (χ4v) is 5.41. The second-order valence-electron chi connectivity index (χ2n) is 11.7. The molecule has 4 rings (SSSR count). The number of benzene rings is 4. The fourth-order valence-electron chi connectivity index (χ4n) is 5.41. The van der Waals surface area contributed by atoms with Crippen LogP contribution in [0, 0.1) is 0 Å². The maximum Gasteiger partial charge on any atom is 0.338 e. The summed E-state index contributed by atoms with van der Waals surface area (Å²) in [4.78, 5) is 12.2. The van der Waals surface area contributed by atoms with Crippen LogP contribution in [0.5, 0.6) is 0 Å². The van der Waals surface area contributed by atoms with Gasteiger partial charge in [0, 0.05) is 12.2 Å². The van der Waals surface area contributed by atoms with Crippen LogP contribution < -0.4 is 5.32 Å². The largest absolute Gasteiger partial charge is 0.460 e. The third-order valence-electron chi connectivity index (χ3n) is 8.02. The van der Waals surface area contributed by atoms with E-state index in [0.29, 0.717) is 78.2 Å². The predicted molar refractivity (Wildman–Crippen MR) is 199 cm³/mol. The van der Waals surface area contributed by atoms with Gasteiger partial charge in [-0.15, -0.1) is 0 Å². The number of unbranched alkanes of at least 4 members (excludes halogenated alkanes) is 1. The second-order valence-corrected chi connectivity index (χ2v) is 11.7. The molecule has 0 aromatic heterocycles. The Labute approximate surface area is 303 Å². The Bertz CT molecular complexity index is 1360. The molecule has 274 valence electrons. The maximum absolute atomic E-state index is 12.2. The lowest BCUT2D eigenvalue weighted by molar-refractivity contribution is -0.0393. The van der Waals surface area contributed by atoms with E-state index in [2.05, 4.69) is 48.6 Å². The van der Waals surface area contributed by atoms with Crippen molar-refractivity contribution in [1.82, 2.24) is 0 Å². The zero-order valence-electron chi connectivity index (χ0n) is 29.8. The molecule has 4 aromatic carbocycles. The average molecular weight is 700 g/mol. The Hall–Kier alpha value is -4.09. The minimum absolute atomic E-state index is 0.189. The van der Waals surface area contributed by atoms with Gasteiger partial charge in [0.25, 0.3) is 0 Å². The van der Waals surface area contributed by atoms with E-state index >= 15 is 0 Å². The monoisotopic (exact) mass is 699 g/mol. The quantitative estimate of drug-likeness (QED) is 0.0396. The number of carbonyl (C=O) groups excluding carboxylic acids is 1. The van der Waals surface area contributed by atoms with E-state index in [1.54, 1.807) is 12.1 Å². The van der Waals surface area contributed by atoms with Gasteiger partial charge >= 0.3 is 5.97 Å². The molecule has 9 nitrogen and oxygen atoms in total. The molecule has 0 unspecified atom stereocenters. The lowest BCUT2D eigenvalue weighted by Gasteiger charge is -2.36. The van der Waals surface area contributed by atoms with Gasteiger partial charge in [0.05, 0.1) is 78.2 Å². The van der Waals surface area contributed by atoms with Gasteiger partial charge in [0.15, 0.2) is 0 Å². The van der Waals surface area contributed by atoms with Crippen LogP contribution in [0.1, 0.15) is 46.8 Å². The Morgan fingerprint density at radius 2 is 0.902 bits per heavy atom. The lowest BCUT2D eigenvalue weighted by atomic mass is 9.80. The Kier molecular flexibility index (Phi) is 18.8. The SMILES string of the molecule is CCCCNc1ccc(C(=O)OCCOCCOCCOCCOCCOCCOC(c2ccccc2)(c2ccccc2)c2ccccc2)cc1. The van der Waals surface area contributed by atoms with Gasteiger partial charge in [-0.3, -0.25) is 0 Å². The first kappa shape index (κ1) is 39.7. The van der Waals surface area contributed by atoms with Crippen LogP contribution in [0.15, 0.2) is 115 Å². The van der Waals surface area contributed by atoms with Gasteiger partial charge in [-0.1, -0.05) is 104 Å². The van der Waals surface area contributed by atoms with Crippen LogP contribution in [0.4, 0.5) is 5.69 Å². The second kappa shape index (κ2) is 24.2. The molecular formula is C42H53NO8. The van der Waals surface area contributed by atoms with Crippen molar-refractivity contribution in [1.29, 1.82) is 0 Å². The van der Waals surface area contributed by atoms with E-state index in [0.717, 1.165) is 41.8 Å². The summed E-state index contributed by atoms with van der Waals surface area (Å²) in [5.74, 6) is -0.359. The van der Waals surface area contributed by atoms with Crippen molar-refractivity contribution < 1.29 is 38.0 Å². The average Bonchev–Trinajstić information content (AvgIpc) is 3.18. The smallest absolute Gasteiger partial charge is 0.338 e. The normalized spacial score (nSPS) is 11.4. The van der Waals surface area contributed by atoms with Crippen LogP contribution in [-0.4, -0.2) is 91.8 Å². The molecular weight excluding hydrogens is 646 g/mol. The molecule has 0 saturated carbocycles. The highest BCUT2D eigenvalue weighted by atomic mass is 16.6. The zero-order valence-corrected chi connectivity index (χ0v) is 29.8. The Morgan fingerprint density at radius 1 is 0.510 bits per heavy atom. The van der Waals surface area contributed by atoms with E-state index < -0.39 is 5.60 Å². The number of anilines is 1. The number of rotatable bonds is 27. The van der Waals surface area contributed by atoms with E-state index in [-0.39, 0.29) is 12.6 Å². The van der Waals surface area contributed by atoms with Crippen LogP contribution in [-0.2, 0) is 38.8 Å². The summed E-state index contributed by atoms with van der Waals surface area (Å²) in [6.45, 7) is 8.07. The number of hydrogen-bond acceptors (Lipinski definition) is 9. The number of nitrogens with one attached hydrogen (secondary N) is 1. The summed E-state index contributed by atoms with van der Waals surface area (Å²) < 4.78 is 40.1. The standard InChI is InChI=1S/C42H53NO8/c1-2-3-23-43-40-21-19-36(20-22-40)41(44)50-34-32-48-30-28-46-26-24-45-25-27-47-29-31-49-33-35-51-42(37-13-7-4-8-14-37,38-15-9-5-10-16-38)39-17-11-6-12-18-39/h4-22,43H,2-3,23-35H2,1H3. The van der Waals surface area contributed by atoms with Crippen molar-refractivity contribution in [2.45, 2.75) is 25.4 Å². The van der Waals surface area contributed by atoms with E-state index in [9.17, 15) is 4.79 Å². The van der Waals surface area contributed by atoms with Gasteiger partial charge in [0.2, 0.25) is 0 Å². The molecule has 0 aliphatic rings. The summed E-state index contributed by atoms with van der Waals surface area (Å²) in [7, 11) is 0. The molecule has 0 aliphatic carbocycles. The highest BCUT2D eigenvalue weighted by Gasteiger charge is 2.37.